The van der Waals surface area contributed by atoms with Gasteiger partial charge in [-0.15, -0.1) is 0 Å². The van der Waals surface area contributed by atoms with Crippen molar-refractivity contribution in [2.24, 2.45) is 0 Å². The third kappa shape index (κ3) is 5.71. The number of likely N-dealkylation sites (N-methyl/N-ethyl adjacent to an activating group) is 1. The van der Waals surface area contributed by atoms with E-state index >= 15 is 0 Å². The highest BCUT2D eigenvalue weighted by molar-refractivity contribution is 14.1. The summed E-state index contributed by atoms with van der Waals surface area (Å²) in [6, 6.07) is 0. The number of carboxylic acids is 1. The largest absolute Gasteiger partial charge is 0.480 e. The lowest BCUT2D eigenvalue weighted by Gasteiger charge is -2.30. The molecule has 1 aromatic carbocycles. The zero-order valence-corrected chi connectivity index (χ0v) is 23.1. The van der Waals surface area contributed by atoms with E-state index in [0.717, 1.165) is 4.90 Å². The molecular formula is C18H22I3N3O5. The molecule has 8 nitrogen and oxygen atoms in total. The number of hydrogen-bond donors (Lipinski definition) is 1. The fourth-order valence-corrected chi connectivity index (χ4v) is 7.63. The molecule has 0 aliphatic rings. The van der Waals surface area contributed by atoms with Gasteiger partial charge in [-0.25, -0.2) is 0 Å². The molecule has 0 radical (unpaired) electrons. The summed E-state index contributed by atoms with van der Waals surface area (Å²) in [6.07, 6.45) is 0. The quantitative estimate of drug-likeness (QED) is 0.433. The van der Waals surface area contributed by atoms with Gasteiger partial charge in [0.2, 0.25) is 11.8 Å². The summed E-state index contributed by atoms with van der Waals surface area (Å²) in [5.41, 5.74) is 1.37. The second-order valence-electron chi connectivity index (χ2n) is 6.10. The Morgan fingerprint density at radius 2 is 1.21 bits per heavy atom. The van der Waals surface area contributed by atoms with Crippen LogP contribution in [0.15, 0.2) is 0 Å². The molecule has 1 N–H and O–H groups in total. The van der Waals surface area contributed by atoms with Gasteiger partial charge in [0, 0.05) is 34.0 Å². The Morgan fingerprint density at radius 1 is 0.828 bits per heavy atom. The van der Waals surface area contributed by atoms with E-state index in [0.29, 0.717) is 35.2 Å². The minimum Gasteiger partial charge on any atom is -0.480 e. The van der Waals surface area contributed by atoms with Crippen LogP contribution in [0.25, 0.3) is 0 Å². The summed E-state index contributed by atoms with van der Waals surface area (Å²) in [5, 5.41) is 9.07. The molecule has 1 aromatic rings. The smallest absolute Gasteiger partial charge is 0.323 e. The van der Waals surface area contributed by atoms with E-state index < -0.39 is 18.4 Å². The standard InChI is InChI=1S/C18H22I3N3O5/c1-6-23(9(3)25)16-13(19)12(18(29)22(5)8-11(27)28)14(20)17(15(16)21)24(7-2)10(4)26/h6-8H2,1-5H3,(H,27,28). The van der Waals surface area contributed by atoms with Gasteiger partial charge < -0.3 is 19.8 Å². The SMILES string of the molecule is CCN(C(C)=O)c1c(I)c(C(=O)N(C)CC(=O)O)c(I)c(N(CC)C(C)=O)c1I. The van der Waals surface area contributed by atoms with Crippen LogP contribution in [0.4, 0.5) is 11.4 Å². The van der Waals surface area contributed by atoms with Crippen molar-refractivity contribution < 1.29 is 24.3 Å². The number of carbonyl (C=O) groups is 4. The van der Waals surface area contributed by atoms with Crippen LogP contribution in [0.3, 0.4) is 0 Å². The molecule has 0 saturated heterocycles. The number of carbonyl (C=O) groups excluding carboxylic acids is 3. The van der Waals surface area contributed by atoms with Crippen molar-refractivity contribution in [1.82, 2.24) is 4.90 Å². The van der Waals surface area contributed by atoms with Crippen molar-refractivity contribution >= 4 is 103 Å². The van der Waals surface area contributed by atoms with Gasteiger partial charge in [0.1, 0.15) is 6.54 Å². The Morgan fingerprint density at radius 3 is 1.48 bits per heavy atom. The monoisotopic (exact) mass is 741 g/mol. The zero-order chi connectivity index (χ0) is 22.6. The summed E-state index contributed by atoms with van der Waals surface area (Å²) < 4.78 is 1.76. The predicted molar refractivity (Wildman–Crippen MR) is 137 cm³/mol. The van der Waals surface area contributed by atoms with Crippen molar-refractivity contribution in [3.63, 3.8) is 0 Å². The van der Waals surface area contributed by atoms with Crippen LogP contribution in [0.5, 0.6) is 0 Å². The van der Waals surface area contributed by atoms with Crippen molar-refractivity contribution in [2.75, 3.05) is 36.5 Å². The van der Waals surface area contributed by atoms with Crippen molar-refractivity contribution in [2.45, 2.75) is 27.7 Å². The minimum absolute atomic E-state index is 0.196. The van der Waals surface area contributed by atoms with Crippen LogP contribution < -0.4 is 9.80 Å². The summed E-state index contributed by atoms with van der Waals surface area (Å²) in [5.74, 6) is -2.01. The number of carboxylic acid groups (broad SMARTS) is 1. The lowest BCUT2D eigenvalue weighted by atomic mass is 10.1. The van der Waals surface area contributed by atoms with Gasteiger partial charge in [0.25, 0.3) is 5.91 Å². The number of benzene rings is 1. The molecular weight excluding hydrogens is 719 g/mol. The van der Waals surface area contributed by atoms with Crippen molar-refractivity contribution in [3.8, 4) is 0 Å². The van der Waals surface area contributed by atoms with E-state index in [-0.39, 0.29) is 17.4 Å². The Kier molecular flexibility index (Phi) is 10.0. The molecule has 0 unspecified atom stereocenters. The number of anilines is 2. The van der Waals surface area contributed by atoms with Gasteiger partial charge >= 0.3 is 5.97 Å². The molecule has 1 rings (SSSR count). The van der Waals surface area contributed by atoms with E-state index in [2.05, 4.69) is 22.6 Å². The van der Waals surface area contributed by atoms with Crippen LogP contribution in [0, 0.1) is 10.7 Å². The van der Waals surface area contributed by atoms with Gasteiger partial charge in [-0.1, -0.05) is 0 Å². The maximum atomic E-state index is 13.1. The molecule has 0 fully saturated rings. The number of halogens is 3. The van der Waals surface area contributed by atoms with Crippen LogP contribution >= 0.6 is 67.8 Å². The second kappa shape index (κ2) is 11.1. The van der Waals surface area contributed by atoms with E-state index in [1.165, 1.54) is 20.9 Å². The summed E-state index contributed by atoms with van der Waals surface area (Å²) >= 11 is 6.13. The number of aliphatic carboxylic acids is 1. The minimum atomic E-state index is -1.13. The fraction of sp³-hybridized carbons (Fsp3) is 0.444. The first-order valence-corrected chi connectivity index (χ1v) is 11.9. The van der Waals surface area contributed by atoms with E-state index in [1.807, 2.05) is 59.0 Å². The van der Waals surface area contributed by atoms with Gasteiger partial charge in [0.05, 0.1) is 27.6 Å². The van der Waals surface area contributed by atoms with Gasteiger partial charge in [-0.2, -0.15) is 0 Å². The molecule has 0 aliphatic heterocycles. The Hall–Kier alpha value is -0.710. The molecule has 160 valence electrons. The number of nitrogens with zero attached hydrogens (tertiary/aromatic N) is 3. The number of amides is 3. The summed E-state index contributed by atoms with van der Waals surface area (Å²) in [7, 11) is 1.41. The number of rotatable bonds is 7. The maximum absolute atomic E-state index is 13.1. The van der Waals surface area contributed by atoms with Crippen molar-refractivity contribution in [3.05, 3.63) is 16.3 Å². The highest BCUT2D eigenvalue weighted by Gasteiger charge is 2.32. The molecule has 0 heterocycles. The second-order valence-corrected chi connectivity index (χ2v) is 9.33. The molecule has 0 aromatic heterocycles. The normalized spacial score (nSPS) is 10.5. The lowest BCUT2D eigenvalue weighted by molar-refractivity contribution is -0.137. The topological polar surface area (TPSA) is 98.2 Å². The highest BCUT2D eigenvalue weighted by atomic mass is 127. The van der Waals surface area contributed by atoms with Gasteiger partial charge in [-0.3, -0.25) is 19.2 Å². The lowest BCUT2D eigenvalue weighted by Crippen LogP contribution is -2.37. The van der Waals surface area contributed by atoms with E-state index in [9.17, 15) is 19.2 Å². The average Bonchev–Trinajstić information content (AvgIpc) is 2.60. The van der Waals surface area contributed by atoms with Crippen LogP contribution in [-0.2, 0) is 14.4 Å². The first-order chi connectivity index (χ1) is 13.4. The highest BCUT2D eigenvalue weighted by Crippen LogP contribution is 2.42. The average molecular weight is 741 g/mol. The first kappa shape index (κ1) is 26.3. The van der Waals surface area contributed by atoms with Crippen LogP contribution in [0.1, 0.15) is 38.1 Å². The van der Waals surface area contributed by atoms with E-state index in [1.54, 1.807) is 9.80 Å². The molecule has 11 heteroatoms. The summed E-state index contributed by atoms with van der Waals surface area (Å²) in [6.45, 7) is 6.83. The molecule has 3 amide bonds. The molecule has 0 aliphatic carbocycles. The number of hydrogen-bond acceptors (Lipinski definition) is 4. The fourth-order valence-electron chi connectivity index (χ4n) is 2.84. The molecule has 0 atom stereocenters. The zero-order valence-electron chi connectivity index (χ0n) is 16.7. The van der Waals surface area contributed by atoms with Crippen LogP contribution in [-0.4, -0.2) is 60.4 Å². The van der Waals surface area contributed by atoms with Crippen LogP contribution in [0.2, 0.25) is 0 Å². The molecule has 0 saturated carbocycles. The van der Waals surface area contributed by atoms with E-state index in [4.69, 9.17) is 5.11 Å². The Labute approximate surface area is 210 Å². The van der Waals surface area contributed by atoms with Gasteiger partial charge in [0.15, 0.2) is 0 Å². The predicted octanol–water partition coefficient (Wildman–Crippen LogP) is 3.40. The van der Waals surface area contributed by atoms with Gasteiger partial charge in [-0.05, 0) is 81.6 Å². The Balaban J connectivity index is 3.98. The third-order valence-electron chi connectivity index (χ3n) is 4.14. The summed E-state index contributed by atoms with van der Waals surface area (Å²) in [4.78, 5) is 53.0. The molecule has 0 spiro atoms. The molecule has 29 heavy (non-hydrogen) atoms. The third-order valence-corrected chi connectivity index (χ3v) is 7.26. The molecule has 0 bridgehead atoms. The maximum Gasteiger partial charge on any atom is 0.323 e. The first-order valence-electron chi connectivity index (χ1n) is 8.64. The Bertz CT molecular complexity index is 811. The van der Waals surface area contributed by atoms with Crippen molar-refractivity contribution in [1.29, 1.82) is 0 Å².